The molecule has 0 fully saturated rings. The van der Waals surface area contributed by atoms with Crippen molar-refractivity contribution in [3.8, 4) is 5.75 Å². The average Bonchev–Trinajstić information content (AvgIpc) is 2.83. The molecule has 1 unspecified atom stereocenters. The Morgan fingerprint density at radius 1 is 1.47 bits per heavy atom. The van der Waals surface area contributed by atoms with Gasteiger partial charge in [0.05, 0.1) is 13.3 Å². The first kappa shape index (κ1) is 13.5. The molecule has 1 heterocycles. The van der Waals surface area contributed by atoms with Crippen LogP contribution in [0.3, 0.4) is 0 Å². The molecule has 2 rings (SSSR count). The van der Waals surface area contributed by atoms with E-state index in [0.29, 0.717) is 29.1 Å². The number of aromatic nitrogens is 2. The smallest absolute Gasteiger partial charge is 0.163 e. The third-order valence-corrected chi connectivity index (χ3v) is 3.12. The highest BCUT2D eigenvalue weighted by molar-refractivity contribution is 5.36. The summed E-state index contributed by atoms with van der Waals surface area (Å²) in [5.74, 6) is 0.239. The van der Waals surface area contributed by atoms with Crippen LogP contribution in [0.5, 0.6) is 5.75 Å². The monoisotopic (exact) mass is 264 g/mol. The zero-order valence-electron chi connectivity index (χ0n) is 11.2. The molecule has 1 atom stereocenters. The average molecular weight is 264 g/mol. The maximum absolute atomic E-state index is 13.3. The third-order valence-electron chi connectivity index (χ3n) is 3.12. The van der Waals surface area contributed by atoms with E-state index >= 15 is 0 Å². The second kappa shape index (κ2) is 5.40. The number of benzene rings is 1. The molecular weight excluding hydrogens is 247 g/mol. The van der Waals surface area contributed by atoms with E-state index in [-0.39, 0.29) is 5.82 Å². The Morgan fingerprint density at radius 2 is 2.21 bits per heavy atom. The van der Waals surface area contributed by atoms with Crippen molar-refractivity contribution in [1.29, 1.82) is 0 Å². The molecule has 1 aromatic heterocycles. The van der Waals surface area contributed by atoms with Crippen molar-refractivity contribution in [2.75, 3.05) is 7.11 Å². The fourth-order valence-corrected chi connectivity index (χ4v) is 2.06. The van der Waals surface area contributed by atoms with Crippen LogP contribution in [0.1, 0.15) is 29.8 Å². The minimum Gasteiger partial charge on any atom is -0.493 e. The van der Waals surface area contributed by atoms with Crippen molar-refractivity contribution in [1.82, 2.24) is 9.78 Å². The number of aryl methyl sites for hydroxylation is 2. The lowest BCUT2D eigenvalue weighted by Crippen LogP contribution is -2.10. The third kappa shape index (κ3) is 2.46. The highest BCUT2D eigenvalue weighted by Crippen LogP contribution is 2.30. The molecule has 0 amide bonds. The summed E-state index contributed by atoms with van der Waals surface area (Å²) in [7, 11) is 1.53. The summed E-state index contributed by atoms with van der Waals surface area (Å²) in [5.41, 5.74) is 1.70. The number of ether oxygens (including phenoxy) is 1. The van der Waals surface area contributed by atoms with Crippen molar-refractivity contribution in [3.63, 3.8) is 0 Å². The van der Waals surface area contributed by atoms with Gasteiger partial charge in [-0.2, -0.15) is 5.10 Å². The molecule has 2 aromatic rings. The molecule has 0 aliphatic heterocycles. The number of methoxy groups -OCH3 is 1. The molecule has 1 N–H and O–H groups in total. The zero-order valence-corrected chi connectivity index (χ0v) is 11.2. The normalized spacial score (nSPS) is 12.5. The number of rotatable bonds is 4. The van der Waals surface area contributed by atoms with E-state index in [9.17, 15) is 9.50 Å². The number of aliphatic hydroxyl groups is 1. The molecule has 19 heavy (non-hydrogen) atoms. The Hall–Kier alpha value is -1.88. The summed E-state index contributed by atoms with van der Waals surface area (Å²) < 4.78 is 20.1. The van der Waals surface area contributed by atoms with Gasteiger partial charge in [-0.1, -0.05) is 12.1 Å². The lowest BCUT2D eigenvalue weighted by atomic mass is 10.0. The summed E-state index contributed by atoms with van der Waals surface area (Å²) in [6, 6.07) is 4.55. The standard InChI is InChI=1S/C14H17FN2O2/c1-4-17-13(12(19-3)8-16-17)14(18)10-5-6-11(15)9(2)7-10/h5-8,14,18H,4H2,1-3H3. The van der Waals surface area contributed by atoms with Crippen molar-refractivity contribution in [2.24, 2.45) is 0 Å². The van der Waals surface area contributed by atoms with Gasteiger partial charge in [-0.3, -0.25) is 4.68 Å². The largest absolute Gasteiger partial charge is 0.493 e. The quantitative estimate of drug-likeness (QED) is 0.922. The number of hydrogen-bond donors (Lipinski definition) is 1. The van der Waals surface area contributed by atoms with Gasteiger partial charge in [0, 0.05) is 6.54 Å². The molecule has 0 saturated carbocycles. The van der Waals surface area contributed by atoms with Crippen LogP contribution in [0.2, 0.25) is 0 Å². The topological polar surface area (TPSA) is 47.3 Å². The van der Waals surface area contributed by atoms with E-state index in [2.05, 4.69) is 5.10 Å². The Bertz CT molecular complexity index is 559. The van der Waals surface area contributed by atoms with E-state index in [1.54, 1.807) is 29.9 Å². The lowest BCUT2D eigenvalue weighted by Gasteiger charge is -2.15. The molecule has 0 spiro atoms. The summed E-state index contributed by atoms with van der Waals surface area (Å²) >= 11 is 0. The minimum absolute atomic E-state index is 0.285. The molecule has 0 aliphatic carbocycles. The Labute approximate surface area is 111 Å². The van der Waals surface area contributed by atoms with Crippen LogP contribution < -0.4 is 4.74 Å². The first-order valence-corrected chi connectivity index (χ1v) is 6.12. The van der Waals surface area contributed by atoms with Crippen LogP contribution in [-0.2, 0) is 6.54 Å². The van der Waals surface area contributed by atoms with Crippen LogP contribution in [0.25, 0.3) is 0 Å². The summed E-state index contributed by atoms with van der Waals surface area (Å²) in [6.45, 7) is 4.22. The molecule has 0 saturated heterocycles. The van der Waals surface area contributed by atoms with Crippen LogP contribution >= 0.6 is 0 Å². The number of hydrogen-bond acceptors (Lipinski definition) is 3. The lowest BCUT2D eigenvalue weighted by molar-refractivity contribution is 0.202. The van der Waals surface area contributed by atoms with E-state index in [0.717, 1.165) is 0 Å². The second-order valence-electron chi connectivity index (χ2n) is 4.33. The number of halogens is 1. The minimum atomic E-state index is -0.892. The van der Waals surface area contributed by atoms with E-state index in [1.807, 2.05) is 6.92 Å². The predicted octanol–water partition coefficient (Wildman–Crippen LogP) is 2.44. The van der Waals surface area contributed by atoms with Gasteiger partial charge in [0.15, 0.2) is 5.75 Å². The highest BCUT2D eigenvalue weighted by Gasteiger charge is 2.21. The number of nitrogens with zero attached hydrogens (tertiary/aromatic N) is 2. The molecule has 0 aliphatic rings. The van der Waals surface area contributed by atoms with Crippen molar-refractivity contribution in [2.45, 2.75) is 26.5 Å². The molecule has 102 valence electrons. The summed E-state index contributed by atoms with van der Waals surface area (Å²) in [5, 5.41) is 14.6. The van der Waals surface area contributed by atoms with Crippen LogP contribution in [-0.4, -0.2) is 22.0 Å². The van der Waals surface area contributed by atoms with Gasteiger partial charge in [-0.25, -0.2) is 4.39 Å². The molecule has 5 heteroatoms. The Kier molecular flexibility index (Phi) is 3.85. The maximum atomic E-state index is 13.3. The second-order valence-corrected chi connectivity index (χ2v) is 4.33. The van der Waals surface area contributed by atoms with Gasteiger partial charge in [-0.05, 0) is 31.0 Å². The predicted molar refractivity (Wildman–Crippen MR) is 69.7 cm³/mol. The molecule has 0 bridgehead atoms. The SMILES string of the molecule is CCn1ncc(OC)c1C(O)c1ccc(F)c(C)c1. The zero-order chi connectivity index (χ0) is 14.0. The van der Waals surface area contributed by atoms with E-state index < -0.39 is 6.10 Å². The van der Waals surface area contributed by atoms with Gasteiger partial charge in [0.2, 0.25) is 0 Å². The molecule has 0 radical (unpaired) electrons. The van der Waals surface area contributed by atoms with Gasteiger partial charge in [-0.15, -0.1) is 0 Å². The fraction of sp³-hybridized carbons (Fsp3) is 0.357. The van der Waals surface area contributed by atoms with Gasteiger partial charge in [0.1, 0.15) is 17.6 Å². The molecule has 1 aromatic carbocycles. The molecular formula is C14H17FN2O2. The van der Waals surface area contributed by atoms with Crippen molar-refractivity contribution in [3.05, 3.63) is 47.0 Å². The summed E-state index contributed by atoms with van der Waals surface area (Å²) in [4.78, 5) is 0. The van der Waals surface area contributed by atoms with Gasteiger partial charge >= 0.3 is 0 Å². The first-order valence-electron chi connectivity index (χ1n) is 6.12. The highest BCUT2D eigenvalue weighted by atomic mass is 19.1. The Balaban J connectivity index is 2.45. The van der Waals surface area contributed by atoms with E-state index in [4.69, 9.17) is 4.74 Å². The van der Waals surface area contributed by atoms with E-state index in [1.165, 1.54) is 13.2 Å². The molecule has 4 nitrogen and oxygen atoms in total. The number of aliphatic hydroxyl groups excluding tert-OH is 1. The Morgan fingerprint density at radius 3 is 2.79 bits per heavy atom. The maximum Gasteiger partial charge on any atom is 0.163 e. The van der Waals surface area contributed by atoms with Crippen molar-refractivity contribution < 1.29 is 14.2 Å². The van der Waals surface area contributed by atoms with Gasteiger partial charge < -0.3 is 9.84 Å². The van der Waals surface area contributed by atoms with Gasteiger partial charge in [0.25, 0.3) is 0 Å². The first-order chi connectivity index (χ1) is 9.08. The summed E-state index contributed by atoms with van der Waals surface area (Å²) in [6.07, 6.45) is 0.676. The van der Waals surface area contributed by atoms with Crippen LogP contribution in [0.15, 0.2) is 24.4 Å². The van der Waals surface area contributed by atoms with Crippen LogP contribution in [0.4, 0.5) is 4.39 Å². The fourth-order valence-electron chi connectivity index (χ4n) is 2.06. The van der Waals surface area contributed by atoms with Crippen LogP contribution in [0, 0.1) is 12.7 Å². The van der Waals surface area contributed by atoms with Crippen molar-refractivity contribution >= 4 is 0 Å².